The van der Waals surface area contributed by atoms with Gasteiger partial charge in [0.1, 0.15) is 0 Å². The molecule has 0 fully saturated rings. The summed E-state index contributed by atoms with van der Waals surface area (Å²) in [6.07, 6.45) is -4.89. The zero-order chi connectivity index (χ0) is 14.8. The van der Waals surface area contributed by atoms with Crippen LogP contribution in [0.2, 0.25) is 0 Å². The van der Waals surface area contributed by atoms with Crippen LogP contribution < -0.4 is 5.73 Å². The van der Waals surface area contributed by atoms with E-state index in [1.807, 2.05) is 20.8 Å². The summed E-state index contributed by atoms with van der Waals surface area (Å²) >= 11 is 0. The first-order chi connectivity index (χ1) is 8.51. The number of alkyl halides is 3. The van der Waals surface area contributed by atoms with Crippen LogP contribution >= 0.6 is 0 Å². The Kier molecular flexibility index (Phi) is 4.63. The summed E-state index contributed by atoms with van der Waals surface area (Å²) in [6, 6.07) is 4.30. The third-order valence-corrected chi connectivity index (χ3v) is 3.21. The van der Waals surface area contributed by atoms with E-state index in [4.69, 9.17) is 5.73 Å². The Morgan fingerprint density at radius 1 is 1.11 bits per heavy atom. The van der Waals surface area contributed by atoms with Gasteiger partial charge in [0.25, 0.3) is 0 Å². The van der Waals surface area contributed by atoms with Crippen LogP contribution in [0, 0.1) is 5.41 Å². The maximum atomic E-state index is 12.4. The molecule has 108 valence electrons. The van der Waals surface area contributed by atoms with Gasteiger partial charge in [-0.1, -0.05) is 32.9 Å². The smallest absolute Gasteiger partial charge is 0.388 e. The lowest BCUT2D eigenvalue weighted by atomic mass is 9.83. The van der Waals surface area contributed by atoms with Crippen LogP contribution in [-0.4, -0.2) is 11.1 Å². The van der Waals surface area contributed by atoms with E-state index in [0.29, 0.717) is 12.0 Å². The molecule has 1 rings (SSSR count). The first-order valence-electron chi connectivity index (χ1n) is 6.12. The summed E-state index contributed by atoms with van der Waals surface area (Å²) in [5.41, 5.74) is 5.52. The number of nitrogens with two attached hydrogens (primary N) is 1. The Bertz CT molecular complexity index is 406. The fourth-order valence-electron chi connectivity index (χ4n) is 1.62. The van der Waals surface area contributed by atoms with Gasteiger partial charge in [-0.2, -0.15) is 13.2 Å². The molecular formula is C14H20F3NO. The average molecular weight is 275 g/mol. The number of aliphatic hydroxyl groups excluding tert-OH is 1. The summed E-state index contributed by atoms with van der Waals surface area (Å²) in [4.78, 5) is 0. The molecule has 1 aromatic carbocycles. The molecule has 3 N–H and O–H groups in total. The van der Waals surface area contributed by atoms with Gasteiger partial charge in [0.2, 0.25) is 0 Å². The van der Waals surface area contributed by atoms with Crippen molar-refractivity contribution < 1.29 is 18.3 Å². The highest BCUT2D eigenvalue weighted by Gasteiger charge is 2.30. The molecule has 0 saturated carbocycles. The molecule has 5 heteroatoms. The summed E-state index contributed by atoms with van der Waals surface area (Å²) in [7, 11) is 0. The van der Waals surface area contributed by atoms with Crippen LogP contribution in [0.25, 0.3) is 0 Å². The van der Waals surface area contributed by atoms with E-state index in [1.54, 1.807) is 0 Å². The molecule has 0 saturated heterocycles. The lowest BCUT2D eigenvalue weighted by molar-refractivity contribution is -0.137. The Morgan fingerprint density at radius 3 is 1.95 bits per heavy atom. The molecule has 0 spiro atoms. The highest BCUT2D eigenvalue weighted by Crippen LogP contribution is 2.31. The van der Waals surface area contributed by atoms with Crippen LogP contribution in [-0.2, 0) is 6.18 Å². The van der Waals surface area contributed by atoms with Crippen molar-refractivity contribution in [3.05, 3.63) is 35.4 Å². The van der Waals surface area contributed by atoms with Gasteiger partial charge in [0.15, 0.2) is 0 Å². The molecule has 2 atom stereocenters. The van der Waals surface area contributed by atoms with Gasteiger partial charge in [-0.3, -0.25) is 0 Å². The van der Waals surface area contributed by atoms with Gasteiger partial charge in [-0.05, 0) is 29.5 Å². The molecule has 1 aromatic rings. The van der Waals surface area contributed by atoms with Crippen LogP contribution in [0.1, 0.15) is 44.4 Å². The minimum Gasteiger partial charge on any atom is -0.388 e. The Morgan fingerprint density at radius 2 is 1.58 bits per heavy atom. The Labute approximate surface area is 111 Å². The predicted octanol–water partition coefficient (Wildman–Crippen LogP) is 3.50. The highest BCUT2D eigenvalue weighted by atomic mass is 19.4. The molecule has 0 unspecified atom stereocenters. The second-order valence-electron chi connectivity index (χ2n) is 5.84. The van der Waals surface area contributed by atoms with Crippen molar-refractivity contribution in [3.8, 4) is 0 Å². The number of benzene rings is 1. The summed E-state index contributed by atoms with van der Waals surface area (Å²) < 4.78 is 37.2. The number of hydrogen-bond acceptors (Lipinski definition) is 2. The predicted molar refractivity (Wildman–Crippen MR) is 68.5 cm³/mol. The molecule has 2 nitrogen and oxygen atoms in total. The summed E-state index contributed by atoms with van der Waals surface area (Å²) in [6.45, 7) is 5.87. The Balaban J connectivity index is 2.76. The van der Waals surface area contributed by atoms with E-state index in [0.717, 1.165) is 12.1 Å². The van der Waals surface area contributed by atoms with E-state index in [1.165, 1.54) is 12.1 Å². The number of rotatable bonds is 3. The SMILES string of the molecule is CC(C)(C)[C@@H](N)C[C@H](O)c1ccc(C(F)(F)F)cc1. The second-order valence-corrected chi connectivity index (χ2v) is 5.84. The lowest BCUT2D eigenvalue weighted by Gasteiger charge is -2.29. The molecule has 0 radical (unpaired) electrons. The third-order valence-electron chi connectivity index (χ3n) is 3.21. The molecule has 0 aliphatic heterocycles. The van der Waals surface area contributed by atoms with Gasteiger partial charge in [0, 0.05) is 6.04 Å². The molecule has 0 aliphatic carbocycles. The maximum absolute atomic E-state index is 12.4. The lowest BCUT2D eigenvalue weighted by Crippen LogP contribution is -2.36. The average Bonchev–Trinajstić information content (AvgIpc) is 2.26. The zero-order valence-corrected chi connectivity index (χ0v) is 11.3. The van der Waals surface area contributed by atoms with Crippen LogP contribution in [0.5, 0.6) is 0 Å². The van der Waals surface area contributed by atoms with E-state index < -0.39 is 17.8 Å². The monoisotopic (exact) mass is 275 g/mol. The van der Waals surface area contributed by atoms with E-state index >= 15 is 0 Å². The molecule has 0 heterocycles. The van der Waals surface area contributed by atoms with Crippen molar-refractivity contribution in [1.29, 1.82) is 0 Å². The van der Waals surface area contributed by atoms with Crippen molar-refractivity contribution in [2.45, 2.75) is 45.5 Å². The van der Waals surface area contributed by atoms with E-state index in [2.05, 4.69) is 0 Å². The van der Waals surface area contributed by atoms with Crippen molar-refractivity contribution in [3.63, 3.8) is 0 Å². The number of halogens is 3. The zero-order valence-electron chi connectivity index (χ0n) is 11.3. The van der Waals surface area contributed by atoms with Gasteiger partial charge < -0.3 is 10.8 Å². The van der Waals surface area contributed by atoms with Crippen molar-refractivity contribution in [1.82, 2.24) is 0 Å². The van der Waals surface area contributed by atoms with Gasteiger partial charge in [-0.25, -0.2) is 0 Å². The van der Waals surface area contributed by atoms with Gasteiger partial charge in [0.05, 0.1) is 11.7 Å². The van der Waals surface area contributed by atoms with Crippen molar-refractivity contribution >= 4 is 0 Å². The number of hydrogen-bond donors (Lipinski definition) is 2. The molecule has 19 heavy (non-hydrogen) atoms. The fraction of sp³-hybridized carbons (Fsp3) is 0.571. The molecular weight excluding hydrogens is 255 g/mol. The van der Waals surface area contributed by atoms with Crippen LogP contribution in [0.3, 0.4) is 0 Å². The quantitative estimate of drug-likeness (QED) is 0.886. The van der Waals surface area contributed by atoms with Gasteiger partial charge >= 0.3 is 6.18 Å². The topological polar surface area (TPSA) is 46.2 Å². The molecule has 0 aromatic heterocycles. The first kappa shape index (κ1) is 16.0. The second kappa shape index (κ2) is 5.51. The van der Waals surface area contributed by atoms with Gasteiger partial charge in [-0.15, -0.1) is 0 Å². The molecule has 0 aliphatic rings. The summed E-state index contributed by atoms with van der Waals surface area (Å²) in [5.74, 6) is 0. The minimum atomic E-state index is -4.36. The number of aliphatic hydroxyl groups is 1. The molecule has 0 amide bonds. The van der Waals surface area contributed by atoms with Crippen LogP contribution in [0.15, 0.2) is 24.3 Å². The fourth-order valence-corrected chi connectivity index (χ4v) is 1.62. The Hall–Kier alpha value is -1.07. The largest absolute Gasteiger partial charge is 0.416 e. The van der Waals surface area contributed by atoms with Crippen molar-refractivity contribution in [2.24, 2.45) is 11.1 Å². The maximum Gasteiger partial charge on any atom is 0.416 e. The van der Waals surface area contributed by atoms with Crippen LogP contribution in [0.4, 0.5) is 13.2 Å². The standard InChI is InChI=1S/C14H20F3NO/c1-13(2,3)12(18)8-11(19)9-4-6-10(7-5-9)14(15,16)17/h4-7,11-12,19H,8,18H2,1-3H3/t11-,12-/m0/s1. The molecule has 0 bridgehead atoms. The summed E-state index contributed by atoms with van der Waals surface area (Å²) in [5, 5.41) is 9.99. The van der Waals surface area contributed by atoms with E-state index in [-0.39, 0.29) is 11.5 Å². The minimum absolute atomic E-state index is 0.160. The first-order valence-corrected chi connectivity index (χ1v) is 6.12. The highest BCUT2D eigenvalue weighted by molar-refractivity contribution is 5.26. The normalized spacial score (nSPS) is 16.2. The third kappa shape index (κ3) is 4.51. The van der Waals surface area contributed by atoms with Crippen molar-refractivity contribution in [2.75, 3.05) is 0 Å². The van der Waals surface area contributed by atoms with E-state index in [9.17, 15) is 18.3 Å².